The van der Waals surface area contributed by atoms with Crippen molar-refractivity contribution >= 4 is 44.2 Å². The molecule has 1 aliphatic rings. The number of carbonyl (C=O) groups excluding carboxylic acids is 2. The Hall–Kier alpha value is -7.57. The van der Waals surface area contributed by atoms with Crippen molar-refractivity contribution in [2.45, 2.75) is 37.8 Å². The molecule has 1 amide bonds. The number of fused-ring (bicyclic) bond motifs is 4. The number of rotatable bonds is 11. The van der Waals surface area contributed by atoms with Gasteiger partial charge in [-0.25, -0.2) is 8.42 Å². The van der Waals surface area contributed by atoms with E-state index in [1.165, 1.54) is 19.2 Å². The van der Waals surface area contributed by atoms with Crippen LogP contribution < -0.4 is 14.8 Å². The van der Waals surface area contributed by atoms with Gasteiger partial charge in [0.05, 0.1) is 53.7 Å². The van der Waals surface area contributed by atoms with E-state index in [0.717, 1.165) is 33.5 Å². The summed E-state index contributed by atoms with van der Waals surface area (Å²) in [5.41, 5.74) is 8.22. The third kappa shape index (κ3) is 7.47. The molecule has 0 spiro atoms. The lowest BCUT2D eigenvalue weighted by molar-refractivity contribution is -0.141. The molecule has 0 radical (unpaired) electrons. The highest BCUT2D eigenvalue weighted by atomic mass is 32.2. The minimum atomic E-state index is -3.95. The second kappa shape index (κ2) is 16.0. The van der Waals surface area contributed by atoms with E-state index in [1.54, 1.807) is 49.7 Å². The molecule has 8 rings (SSSR count). The predicted octanol–water partition coefficient (Wildman–Crippen LogP) is 7.10. The maximum absolute atomic E-state index is 13.3. The third-order valence-corrected chi connectivity index (χ3v) is 11.8. The van der Waals surface area contributed by atoms with Crippen LogP contribution in [0.3, 0.4) is 0 Å². The third-order valence-electron chi connectivity index (χ3n) is 10.5. The number of aryl methyl sites for hydroxylation is 2. The van der Waals surface area contributed by atoms with Gasteiger partial charge in [-0.15, -0.1) is 10.2 Å². The summed E-state index contributed by atoms with van der Waals surface area (Å²) in [6, 6.07) is 32.0. The first-order valence-corrected chi connectivity index (χ1v) is 20.3. The molecule has 3 heterocycles. The molecule has 0 unspecified atom stereocenters. The number of methoxy groups -OCH3 is 2. The molecule has 5 aromatic carbocycles. The van der Waals surface area contributed by atoms with E-state index in [-0.39, 0.29) is 23.8 Å². The largest absolute Gasteiger partial charge is 0.497 e. The molecule has 7 aromatic rings. The van der Waals surface area contributed by atoms with E-state index < -0.39 is 22.0 Å². The maximum atomic E-state index is 13.3. The number of aromatic amines is 1. The topological polar surface area (TPSA) is 193 Å². The number of carbonyl (C=O) groups is 2. The molecule has 300 valence electrons. The number of hydrogen-bond acceptors (Lipinski definition) is 10. The first-order valence-electron chi connectivity index (χ1n) is 18.8. The number of aromatic nitrogens is 4. The Balaban J connectivity index is 0.950. The fraction of sp³-hybridized carbons (Fsp3) is 0.156. The average molecular weight is 819 g/mol. The van der Waals surface area contributed by atoms with Crippen LogP contribution in [0.4, 0.5) is 5.69 Å². The summed E-state index contributed by atoms with van der Waals surface area (Å²) in [6.07, 6.45) is 1.54. The fourth-order valence-electron chi connectivity index (χ4n) is 7.31. The highest BCUT2D eigenvalue weighted by molar-refractivity contribution is 7.92. The second-order valence-corrected chi connectivity index (χ2v) is 15.9. The zero-order chi connectivity index (χ0) is 42.1. The Kier molecular flexibility index (Phi) is 10.5. The molecule has 0 saturated carbocycles. The number of amides is 1. The van der Waals surface area contributed by atoms with Crippen LogP contribution in [0.25, 0.3) is 27.7 Å². The molecule has 1 aliphatic heterocycles. The Morgan fingerprint density at radius 2 is 1.58 bits per heavy atom. The maximum Gasteiger partial charge on any atom is 0.308 e. The van der Waals surface area contributed by atoms with Gasteiger partial charge in [0.15, 0.2) is 5.82 Å². The average Bonchev–Trinajstić information content (AvgIpc) is 3.86. The first kappa shape index (κ1) is 39.3. The lowest BCUT2D eigenvalue weighted by atomic mass is 9.97. The summed E-state index contributed by atoms with van der Waals surface area (Å²) >= 11 is 0. The van der Waals surface area contributed by atoms with Crippen LogP contribution in [0.1, 0.15) is 62.3 Å². The first-order chi connectivity index (χ1) is 29.0. The molecule has 1 atom stereocenters. The number of nitrogens with one attached hydrogen (secondary N) is 3. The van der Waals surface area contributed by atoms with Gasteiger partial charge in [-0.2, -0.15) is 5.26 Å². The van der Waals surface area contributed by atoms with Crippen LogP contribution in [0.15, 0.2) is 119 Å². The number of esters is 1. The van der Waals surface area contributed by atoms with E-state index in [9.17, 15) is 23.3 Å². The van der Waals surface area contributed by atoms with Gasteiger partial charge in [0.25, 0.3) is 15.9 Å². The number of ether oxygens (including phenoxy) is 2. The van der Waals surface area contributed by atoms with Crippen molar-refractivity contribution in [2.24, 2.45) is 4.99 Å². The predicted molar refractivity (Wildman–Crippen MR) is 226 cm³/mol. The zero-order valence-electron chi connectivity index (χ0n) is 33.0. The Labute approximate surface area is 345 Å². The Morgan fingerprint density at radius 3 is 2.27 bits per heavy atom. The summed E-state index contributed by atoms with van der Waals surface area (Å²) in [5, 5.41) is 21.7. The summed E-state index contributed by atoms with van der Waals surface area (Å²) < 4.78 is 41.7. The van der Waals surface area contributed by atoms with Gasteiger partial charge in [-0.05, 0) is 84.6 Å². The Bertz CT molecular complexity index is 2980. The van der Waals surface area contributed by atoms with Gasteiger partial charge in [0.1, 0.15) is 23.7 Å². The van der Waals surface area contributed by atoms with Gasteiger partial charge >= 0.3 is 5.97 Å². The molecule has 2 aromatic heterocycles. The lowest BCUT2D eigenvalue weighted by Gasteiger charge is -2.14. The lowest BCUT2D eigenvalue weighted by Crippen LogP contribution is -2.22. The molecule has 3 N–H and O–H groups in total. The van der Waals surface area contributed by atoms with Crippen molar-refractivity contribution in [3.8, 4) is 28.6 Å². The van der Waals surface area contributed by atoms with Crippen molar-refractivity contribution in [3.05, 3.63) is 154 Å². The SMILES string of the molecule is COC(=O)C[C@@H]1N=C(c2ccc(-c3ccc(C(=O)NCc4ccc(S(=O)(=O)Nc5ccc(C)c6c(C#N)c[nH]c56)cc4)cc3)cc2)c2cc(OC)ccc2-n2c(C)nnc21. The quantitative estimate of drug-likeness (QED) is 0.114. The number of nitrogens with zero attached hydrogens (tertiary/aromatic N) is 5. The minimum Gasteiger partial charge on any atom is -0.497 e. The van der Waals surface area contributed by atoms with Gasteiger partial charge in [-0.1, -0.05) is 54.6 Å². The van der Waals surface area contributed by atoms with E-state index in [1.807, 2.05) is 73.0 Å². The Morgan fingerprint density at radius 1 is 0.883 bits per heavy atom. The molecule has 0 aliphatic carbocycles. The van der Waals surface area contributed by atoms with Crippen LogP contribution in [-0.4, -0.2) is 60.0 Å². The number of H-pyrrole nitrogens is 1. The van der Waals surface area contributed by atoms with E-state index in [4.69, 9.17) is 14.5 Å². The molecule has 15 heteroatoms. The summed E-state index contributed by atoms with van der Waals surface area (Å²) in [4.78, 5) is 33.8. The molecule has 14 nitrogen and oxygen atoms in total. The van der Waals surface area contributed by atoms with Crippen molar-refractivity contribution < 1.29 is 27.5 Å². The second-order valence-electron chi connectivity index (χ2n) is 14.2. The van der Waals surface area contributed by atoms with Gasteiger partial charge in [0, 0.05) is 34.8 Å². The molecule has 60 heavy (non-hydrogen) atoms. The highest BCUT2D eigenvalue weighted by Crippen LogP contribution is 2.35. The minimum absolute atomic E-state index is 0.0186. The standard InChI is InChI=1S/C45H38N8O6S/c1-26-5-19-37(43-41(26)33(23-46)25-47-43)52-60(56,57)35-17-6-28(7-18-35)24-48-45(55)32-14-10-30(11-15-32)29-8-12-31(13-9-29)42-36-21-34(58-3)16-20-39(36)53-27(2)50-51-44(53)38(49-42)22-40(54)59-4/h5-21,25,38,47,52H,22,24H2,1-4H3,(H,48,55)/t38-/m0/s1. The molecule has 0 saturated heterocycles. The summed E-state index contributed by atoms with van der Waals surface area (Å²) in [6.45, 7) is 3.90. The van der Waals surface area contributed by atoms with Crippen molar-refractivity contribution in [2.75, 3.05) is 18.9 Å². The van der Waals surface area contributed by atoms with E-state index in [0.29, 0.717) is 56.4 Å². The molecule has 0 fully saturated rings. The van der Waals surface area contributed by atoms with Crippen LogP contribution in [0, 0.1) is 25.2 Å². The van der Waals surface area contributed by atoms with E-state index in [2.05, 4.69) is 31.3 Å². The van der Waals surface area contributed by atoms with Crippen molar-refractivity contribution in [1.29, 1.82) is 5.26 Å². The fourth-order valence-corrected chi connectivity index (χ4v) is 8.38. The normalized spacial score (nSPS) is 13.3. The van der Waals surface area contributed by atoms with Gasteiger partial charge < -0.3 is 19.8 Å². The van der Waals surface area contributed by atoms with Crippen molar-refractivity contribution in [3.63, 3.8) is 0 Å². The highest BCUT2D eigenvalue weighted by Gasteiger charge is 2.30. The van der Waals surface area contributed by atoms with Crippen molar-refractivity contribution in [1.82, 2.24) is 25.1 Å². The number of benzene rings is 5. The molecule has 0 bridgehead atoms. The monoisotopic (exact) mass is 818 g/mol. The van der Waals surface area contributed by atoms with Crippen LogP contribution in [0.5, 0.6) is 5.75 Å². The van der Waals surface area contributed by atoms with Crippen LogP contribution in [0.2, 0.25) is 0 Å². The summed E-state index contributed by atoms with van der Waals surface area (Å²) in [5.74, 6) is 1.13. The van der Waals surface area contributed by atoms with Gasteiger partial charge in [-0.3, -0.25) is 23.9 Å². The zero-order valence-corrected chi connectivity index (χ0v) is 33.8. The summed E-state index contributed by atoms with van der Waals surface area (Å²) in [7, 11) is -0.999. The number of sulfonamides is 1. The van der Waals surface area contributed by atoms with Gasteiger partial charge in [0.2, 0.25) is 0 Å². The number of nitriles is 1. The van der Waals surface area contributed by atoms with E-state index >= 15 is 0 Å². The van der Waals surface area contributed by atoms with Crippen LogP contribution in [-0.2, 0) is 26.1 Å². The number of anilines is 1. The number of hydrogen-bond donors (Lipinski definition) is 3. The molecular weight excluding hydrogens is 781 g/mol. The number of aliphatic imine (C=N–C) groups is 1. The van der Waals surface area contributed by atoms with Crippen LogP contribution >= 0.6 is 0 Å². The molecular formula is C45H38N8O6S. The smallest absolute Gasteiger partial charge is 0.308 e.